The Hall–Kier alpha value is -1.81. The van der Waals surface area contributed by atoms with E-state index in [1.807, 2.05) is 20.8 Å². The number of ketones is 1. The molecule has 0 aliphatic rings. The van der Waals surface area contributed by atoms with Gasteiger partial charge in [-0.05, 0) is 18.6 Å². The molecule has 0 aliphatic carbocycles. The summed E-state index contributed by atoms with van der Waals surface area (Å²) in [5, 5.41) is 1.12. The van der Waals surface area contributed by atoms with Crippen molar-refractivity contribution < 1.29 is 13.9 Å². The van der Waals surface area contributed by atoms with Crippen LogP contribution in [-0.4, -0.2) is 12.4 Å². The minimum absolute atomic E-state index is 0.0376. The molecule has 0 radical (unpaired) electrons. The van der Waals surface area contributed by atoms with Gasteiger partial charge in [0.15, 0.2) is 5.78 Å². The highest BCUT2D eigenvalue weighted by Crippen LogP contribution is 2.31. The predicted molar refractivity (Wildman–Crippen MR) is 82.2 cm³/mol. The number of hydrogen-bond donors (Lipinski definition) is 0. The number of aryl methyl sites for hydroxylation is 1. The second-order valence-corrected chi connectivity index (χ2v) is 6.40. The summed E-state index contributed by atoms with van der Waals surface area (Å²) in [5.41, 5.74) is 0.258. The molecule has 0 atom stereocenters. The van der Waals surface area contributed by atoms with E-state index in [1.54, 1.807) is 19.1 Å². The van der Waals surface area contributed by atoms with Crippen LogP contribution in [0.15, 0.2) is 27.4 Å². The van der Waals surface area contributed by atoms with Gasteiger partial charge in [-0.2, -0.15) is 0 Å². The van der Waals surface area contributed by atoms with Crippen molar-refractivity contribution in [3.63, 3.8) is 0 Å². The third-order valence-corrected chi connectivity index (χ3v) is 3.49. The van der Waals surface area contributed by atoms with Crippen molar-refractivity contribution in [2.75, 3.05) is 6.61 Å². The highest BCUT2D eigenvalue weighted by atomic mass is 35.5. The van der Waals surface area contributed by atoms with E-state index >= 15 is 0 Å². The van der Waals surface area contributed by atoms with Gasteiger partial charge >= 0.3 is 5.63 Å². The number of benzene rings is 1. The largest absolute Gasteiger partial charge is 0.484 e. The number of carbonyl (C=O) groups is 1. The fourth-order valence-electron chi connectivity index (χ4n) is 1.79. The maximum Gasteiger partial charge on any atom is 0.336 e. The molecule has 0 N–H and O–H groups in total. The molecule has 0 amide bonds. The standard InChI is InChI=1S/C16H17ClO4/c1-9-5-15(19)21-12-7-13(11(17)6-10(9)12)20-8-14(18)16(2,3)4/h5-7H,8H2,1-4H3. The second-order valence-electron chi connectivity index (χ2n) is 5.99. The van der Waals surface area contributed by atoms with E-state index in [0.717, 1.165) is 10.9 Å². The molecular formula is C16H17ClO4. The summed E-state index contributed by atoms with van der Waals surface area (Å²) in [5.74, 6) is 0.292. The average molecular weight is 309 g/mol. The topological polar surface area (TPSA) is 56.5 Å². The van der Waals surface area contributed by atoms with E-state index in [2.05, 4.69) is 0 Å². The maximum absolute atomic E-state index is 11.9. The molecule has 2 rings (SSSR count). The zero-order valence-corrected chi connectivity index (χ0v) is 13.2. The van der Waals surface area contributed by atoms with Gasteiger partial charge in [0.25, 0.3) is 0 Å². The van der Waals surface area contributed by atoms with Crippen LogP contribution < -0.4 is 10.4 Å². The first-order valence-corrected chi connectivity index (χ1v) is 6.96. The molecule has 0 bridgehead atoms. The third kappa shape index (κ3) is 3.45. The van der Waals surface area contributed by atoms with Crippen LogP contribution in [0.2, 0.25) is 5.02 Å². The number of halogens is 1. The molecule has 2 aromatic rings. The molecular weight excluding hydrogens is 292 g/mol. The van der Waals surface area contributed by atoms with Gasteiger partial charge in [-0.15, -0.1) is 0 Å². The SMILES string of the molecule is Cc1cc(=O)oc2cc(OCC(=O)C(C)(C)C)c(Cl)cc12. The van der Waals surface area contributed by atoms with Gasteiger partial charge in [0.1, 0.15) is 17.9 Å². The number of Topliss-reactive ketones (excluding diaryl/α,β-unsaturated/α-hetero) is 1. The van der Waals surface area contributed by atoms with Gasteiger partial charge in [-0.3, -0.25) is 4.79 Å². The van der Waals surface area contributed by atoms with Gasteiger partial charge in [0, 0.05) is 22.9 Å². The summed E-state index contributed by atoms with van der Waals surface area (Å²) in [7, 11) is 0. The average Bonchev–Trinajstić information content (AvgIpc) is 2.35. The quantitative estimate of drug-likeness (QED) is 0.810. The van der Waals surface area contributed by atoms with E-state index in [-0.39, 0.29) is 12.4 Å². The Morgan fingerprint density at radius 1 is 1.29 bits per heavy atom. The van der Waals surface area contributed by atoms with Crippen LogP contribution in [0.4, 0.5) is 0 Å². The van der Waals surface area contributed by atoms with Crippen molar-refractivity contribution in [3.05, 3.63) is 39.2 Å². The normalized spacial score (nSPS) is 11.7. The van der Waals surface area contributed by atoms with Gasteiger partial charge in [-0.1, -0.05) is 32.4 Å². The Kier molecular flexibility index (Phi) is 4.10. The molecule has 0 saturated carbocycles. The number of hydrogen-bond acceptors (Lipinski definition) is 4. The Labute approximate surface area is 127 Å². The summed E-state index contributed by atoms with van der Waals surface area (Å²) in [4.78, 5) is 23.3. The summed E-state index contributed by atoms with van der Waals surface area (Å²) >= 11 is 6.16. The molecule has 1 heterocycles. The molecule has 0 unspecified atom stereocenters. The summed E-state index contributed by atoms with van der Waals surface area (Å²) in [6.45, 7) is 7.19. The fraction of sp³-hybridized carbons (Fsp3) is 0.375. The predicted octanol–water partition coefficient (Wildman–Crippen LogP) is 3.75. The molecule has 112 valence electrons. The van der Waals surface area contributed by atoms with E-state index in [1.165, 1.54) is 6.07 Å². The lowest BCUT2D eigenvalue weighted by molar-refractivity contribution is -0.128. The highest BCUT2D eigenvalue weighted by Gasteiger charge is 2.22. The van der Waals surface area contributed by atoms with Crippen molar-refractivity contribution in [3.8, 4) is 5.75 Å². The van der Waals surface area contributed by atoms with Crippen LogP contribution >= 0.6 is 11.6 Å². The van der Waals surface area contributed by atoms with Crippen molar-refractivity contribution in [2.24, 2.45) is 5.41 Å². The molecule has 1 aromatic heterocycles. The Morgan fingerprint density at radius 3 is 2.57 bits per heavy atom. The van der Waals surface area contributed by atoms with Crippen molar-refractivity contribution >= 4 is 28.4 Å². The van der Waals surface area contributed by atoms with Gasteiger partial charge in [-0.25, -0.2) is 4.79 Å². The van der Waals surface area contributed by atoms with Crippen LogP contribution in [0, 0.1) is 12.3 Å². The van der Waals surface area contributed by atoms with Crippen molar-refractivity contribution in [1.82, 2.24) is 0 Å². The van der Waals surface area contributed by atoms with E-state index < -0.39 is 11.0 Å². The summed E-state index contributed by atoms with van der Waals surface area (Å²) < 4.78 is 10.6. The third-order valence-electron chi connectivity index (χ3n) is 3.20. The fourth-order valence-corrected chi connectivity index (χ4v) is 2.01. The lowest BCUT2D eigenvalue weighted by Crippen LogP contribution is -2.26. The smallest absolute Gasteiger partial charge is 0.336 e. The van der Waals surface area contributed by atoms with E-state index in [4.69, 9.17) is 20.8 Å². The molecule has 0 aliphatic heterocycles. The van der Waals surface area contributed by atoms with Crippen LogP contribution in [0.1, 0.15) is 26.3 Å². The Bertz CT molecular complexity index is 753. The van der Waals surface area contributed by atoms with Crippen LogP contribution in [0.3, 0.4) is 0 Å². The second kappa shape index (κ2) is 5.53. The Morgan fingerprint density at radius 2 is 1.95 bits per heavy atom. The van der Waals surface area contributed by atoms with Gasteiger partial charge in [0.2, 0.25) is 0 Å². The first-order valence-electron chi connectivity index (χ1n) is 6.58. The first kappa shape index (κ1) is 15.6. The number of fused-ring (bicyclic) bond motifs is 1. The lowest BCUT2D eigenvalue weighted by atomic mass is 9.91. The minimum atomic E-state index is -0.480. The van der Waals surface area contributed by atoms with Crippen LogP contribution in [-0.2, 0) is 4.79 Å². The summed E-state index contributed by atoms with van der Waals surface area (Å²) in [6, 6.07) is 4.62. The maximum atomic E-state index is 11.9. The zero-order chi connectivity index (χ0) is 15.8. The lowest BCUT2D eigenvalue weighted by Gasteiger charge is -2.17. The van der Waals surface area contributed by atoms with Gasteiger partial charge < -0.3 is 9.15 Å². The van der Waals surface area contributed by atoms with Crippen molar-refractivity contribution in [1.29, 1.82) is 0 Å². The van der Waals surface area contributed by atoms with E-state index in [9.17, 15) is 9.59 Å². The molecule has 21 heavy (non-hydrogen) atoms. The monoisotopic (exact) mass is 308 g/mol. The molecule has 0 spiro atoms. The zero-order valence-electron chi connectivity index (χ0n) is 12.5. The van der Waals surface area contributed by atoms with Crippen LogP contribution in [0.25, 0.3) is 11.0 Å². The van der Waals surface area contributed by atoms with Crippen LogP contribution in [0.5, 0.6) is 5.75 Å². The highest BCUT2D eigenvalue weighted by molar-refractivity contribution is 6.32. The molecule has 0 saturated heterocycles. The van der Waals surface area contributed by atoms with Crippen molar-refractivity contribution in [2.45, 2.75) is 27.7 Å². The van der Waals surface area contributed by atoms with Gasteiger partial charge in [0.05, 0.1) is 5.02 Å². The molecule has 4 nitrogen and oxygen atoms in total. The number of ether oxygens (including phenoxy) is 1. The minimum Gasteiger partial charge on any atom is -0.484 e. The molecule has 0 fully saturated rings. The summed E-state index contributed by atoms with van der Waals surface area (Å²) in [6.07, 6.45) is 0. The molecule has 5 heteroatoms. The number of carbonyl (C=O) groups excluding carboxylic acids is 1. The number of rotatable bonds is 3. The Balaban J connectivity index is 2.35. The van der Waals surface area contributed by atoms with E-state index in [0.29, 0.717) is 16.4 Å². The molecule has 1 aromatic carbocycles. The first-order chi connectivity index (χ1) is 9.68.